The standard InChI is InChI=1S/C13H25N5O/c1-18-12(15-10-16-18)9-11(17-14)13(19-2)7-5-3-4-6-8-13/h10-11,17H,3-9,14H2,1-2H3. The van der Waals surface area contributed by atoms with Gasteiger partial charge in [-0.15, -0.1) is 0 Å². The Labute approximate surface area is 114 Å². The van der Waals surface area contributed by atoms with E-state index in [1.807, 2.05) is 7.05 Å². The summed E-state index contributed by atoms with van der Waals surface area (Å²) in [7, 11) is 3.70. The molecule has 1 aliphatic rings. The molecule has 1 saturated carbocycles. The van der Waals surface area contributed by atoms with E-state index in [4.69, 9.17) is 10.6 Å². The maximum atomic E-state index is 5.90. The second kappa shape index (κ2) is 6.45. The minimum Gasteiger partial charge on any atom is -0.377 e. The number of ether oxygens (including phenoxy) is 1. The number of aromatic nitrogens is 3. The van der Waals surface area contributed by atoms with Crippen LogP contribution < -0.4 is 11.3 Å². The Balaban J connectivity index is 2.15. The van der Waals surface area contributed by atoms with Crippen molar-refractivity contribution < 1.29 is 4.74 Å². The van der Waals surface area contributed by atoms with Crippen LogP contribution in [0.2, 0.25) is 0 Å². The van der Waals surface area contributed by atoms with Crippen molar-refractivity contribution in [2.45, 2.75) is 56.6 Å². The lowest BCUT2D eigenvalue weighted by Crippen LogP contribution is -2.55. The van der Waals surface area contributed by atoms with Crippen LogP contribution in [0.1, 0.15) is 44.3 Å². The van der Waals surface area contributed by atoms with Gasteiger partial charge in [-0.25, -0.2) is 4.98 Å². The predicted octanol–water partition coefficient (Wildman–Crippen LogP) is 0.929. The maximum Gasteiger partial charge on any atom is 0.138 e. The zero-order chi connectivity index (χ0) is 13.7. The number of hydrazine groups is 1. The molecular formula is C13H25N5O. The van der Waals surface area contributed by atoms with Crippen LogP contribution in [0.5, 0.6) is 0 Å². The summed E-state index contributed by atoms with van der Waals surface area (Å²) in [4.78, 5) is 4.29. The average Bonchev–Trinajstić information content (AvgIpc) is 2.68. The monoisotopic (exact) mass is 267 g/mol. The Bertz CT molecular complexity index is 384. The van der Waals surface area contributed by atoms with E-state index in [2.05, 4.69) is 15.5 Å². The van der Waals surface area contributed by atoms with E-state index in [0.717, 1.165) is 25.1 Å². The summed E-state index contributed by atoms with van der Waals surface area (Å²) in [6, 6.07) is 0.0681. The van der Waals surface area contributed by atoms with Gasteiger partial charge in [0.15, 0.2) is 0 Å². The predicted molar refractivity (Wildman–Crippen MR) is 73.3 cm³/mol. The summed E-state index contributed by atoms with van der Waals surface area (Å²) in [5.41, 5.74) is 2.77. The van der Waals surface area contributed by atoms with Gasteiger partial charge < -0.3 is 4.74 Å². The molecule has 0 amide bonds. The number of nitrogens with zero attached hydrogens (tertiary/aromatic N) is 3. The van der Waals surface area contributed by atoms with E-state index in [9.17, 15) is 0 Å². The molecule has 2 rings (SSSR count). The van der Waals surface area contributed by atoms with Gasteiger partial charge in [0.2, 0.25) is 0 Å². The molecule has 0 bridgehead atoms. The molecule has 1 unspecified atom stereocenters. The minimum absolute atomic E-state index is 0.0681. The fourth-order valence-electron chi connectivity index (χ4n) is 3.11. The average molecular weight is 267 g/mol. The molecule has 19 heavy (non-hydrogen) atoms. The number of rotatable bonds is 5. The van der Waals surface area contributed by atoms with Gasteiger partial charge >= 0.3 is 0 Å². The van der Waals surface area contributed by atoms with E-state index in [0.29, 0.717) is 0 Å². The molecule has 3 N–H and O–H groups in total. The van der Waals surface area contributed by atoms with Crippen LogP contribution in [-0.2, 0) is 18.2 Å². The Hall–Kier alpha value is -0.980. The number of nitrogens with one attached hydrogen (secondary N) is 1. The summed E-state index contributed by atoms with van der Waals surface area (Å²) in [5.74, 6) is 6.73. The normalized spacial score (nSPS) is 21.0. The van der Waals surface area contributed by atoms with E-state index in [1.54, 1.807) is 18.1 Å². The van der Waals surface area contributed by atoms with Gasteiger partial charge in [-0.2, -0.15) is 5.10 Å². The van der Waals surface area contributed by atoms with Crippen molar-refractivity contribution in [3.8, 4) is 0 Å². The molecule has 0 saturated heterocycles. The molecule has 1 aromatic heterocycles. The third kappa shape index (κ3) is 3.13. The lowest BCUT2D eigenvalue weighted by molar-refractivity contribution is -0.0533. The van der Waals surface area contributed by atoms with Gasteiger partial charge in [-0.3, -0.25) is 16.0 Å². The third-order valence-corrected chi connectivity index (χ3v) is 4.38. The van der Waals surface area contributed by atoms with Crippen molar-refractivity contribution in [1.29, 1.82) is 0 Å². The van der Waals surface area contributed by atoms with Crippen molar-refractivity contribution in [3.05, 3.63) is 12.2 Å². The van der Waals surface area contributed by atoms with E-state index in [-0.39, 0.29) is 11.6 Å². The van der Waals surface area contributed by atoms with Crippen molar-refractivity contribution in [1.82, 2.24) is 20.2 Å². The largest absolute Gasteiger partial charge is 0.377 e. The molecule has 6 heteroatoms. The summed E-state index contributed by atoms with van der Waals surface area (Å²) in [6.45, 7) is 0. The molecule has 1 aliphatic carbocycles. The highest BCUT2D eigenvalue weighted by Gasteiger charge is 2.39. The van der Waals surface area contributed by atoms with Gasteiger partial charge in [-0.1, -0.05) is 25.7 Å². The van der Waals surface area contributed by atoms with Gasteiger partial charge in [-0.05, 0) is 12.8 Å². The highest BCUT2D eigenvalue weighted by molar-refractivity contribution is 5.00. The Morgan fingerprint density at radius 2 is 2.11 bits per heavy atom. The van der Waals surface area contributed by atoms with Crippen LogP contribution in [0.4, 0.5) is 0 Å². The second-order valence-corrected chi connectivity index (χ2v) is 5.41. The fourth-order valence-corrected chi connectivity index (χ4v) is 3.11. The Morgan fingerprint density at radius 3 is 2.58 bits per heavy atom. The number of hydrogen-bond acceptors (Lipinski definition) is 5. The van der Waals surface area contributed by atoms with Crippen molar-refractivity contribution >= 4 is 0 Å². The Morgan fingerprint density at radius 1 is 1.42 bits per heavy atom. The molecule has 0 aromatic carbocycles. The number of hydrogen-bond donors (Lipinski definition) is 2. The lowest BCUT2D eigenvalue weighted by Gasteiger charge is -2.38. The van der Waals surface area contributed by atoms with E-state index < -0.39 is 0 Å². The van der Waals surface area contributed by atoms with Crippen molar-refractivity contribution in [2.24, 2.45) is 12.9 Å². The molecule has 1 heterocycles. The molecule has 1 fully saturated rings. The highest BCUT2D eigenvalue weighted by atomic mass is 16.5. The number of nitrogens with two attached hydrogens (primary N) is 1. The SMILES string of the molecule is COC1(C(Cc2ncnn2C)NN)CCCCCC1. The first kappa shape index (κ1) is 14.4. The van der Waals surface area contributed by atoms with Crippen LogP contribution in [0.3, 0.4) is 0 Å². The van der Waals surface area contributed by atoms with Crippen LogP contribution >= 0.6 is 0 Å². The van der Waals surface area contributed by atoms with E-state index in [1.165, 1.54) is 25.7 Å². The maximum absolute atomic E-state index is 5.90. The summed E-state index contributed by atoms with van der Waals surface area (Å²) >= 11 is 0. The summed E-state index contributed by atoms with van der Waals surface area (Å²) in [5, 5.41) is 4.11. The molecule has 0 aliphatic heterocycles. The second-order valence-electron chi connectivity index (χ2n) is 5.41. The number of aryl methyl sites for hydroxylation is 1. The number of methoxy groups -OCH3 is 1. The zero-order valence-electron chi connectivity index (χ0n) is 11.9. The van der Waals surface area contributed by atoms with Gasteiger partial charge in [0.1, 0.15) is 12.2 Å². The minimum atomic E-state index is -0.183. The first-order chi connectivity index (χ1) is 9.22. The molecule has 108 valence electrons. The van der Waals surface area contributed by atoms with Gasteiger partial charge in [0.25, 0.3) is 0 Å². The molecule has 1 atom stereocenters. The smallest absolute Gasteiger partial charge is 0.138 e. The Kier molecular flexibility index (Phi) is 4.90. The quantitative estimate of drug-likeness (QED) is 0.471. The molecule has 0 radical (unpaired) electrons. The van der Waals surface area contributed by atoms with Crippen molar-refractivity contribution in [3.63, 3.8) is 0 Å². The first-order valence-corrected chi connectivity index (χ1v) is 7.06. The topological polar surface area (TPSA) is 78.0 Å². The van der Waals surface area contributed by atoms with Crippen LogP contribution in [0, 0.1) is 0 Å². The van der Waals surface area contributed by atoms with Crippen LogP contribution in [0.15, 0.2) is 6.33 Å². The van der Waals surface area contributed by atoms with Crippen LogP contribution in [-0.4, -0.2) is 33.5 Å². The molecule has 1 aromatic rings. The molecule has 0 spiro atoms. The van der Waals surface area contributed by atoms with Gasteiger partial charge in [0.05, 0.1) is 11.6 Å². The summed E-state index contributed by atoms with van der Waals surface area (Å²) < 4.78 is 7.70. The first-order valence-electron chi connectivity index (χ1n) is 7.06. The summed E-state index contributed by atoms with van der Waals surface area (Å²) in [6.07, 6.45) is 9.39. The third-order valence-electron chi connectivity index (χ3n) is 4.38. The highest BCUT2D eigenvalue weighted by Crippen LogP contribution is 2.33. The molecule has 6 nitrogen and oxygen atoms in total. The zero-order valence-corrected chi connectivity index (χ0v) is 11.9. The van der Waals surface area contributed by atoms with E-state index >= 15 is 0 Å². The van der Waals surface area contributed by atoms with Crippen LogP contribution in [0.25, 0.3) is 0 Å². The van der Waals surface area contributed by atoms with Crippen molar-refractivity contribution in [2.75, 3.05) is 7.11 Å². The fraction of sp³-hybridized carbons (Fsp3) is 0.846. The lowest BCUT2D eigenvalue weighted by atomic mass is 9.84. The molecular weight excluding hydrogens is 242 g/mol. The van der Waals surface area contributed by atoms with Gasteiger partial charge in [0, 0.05) is 20.6 Å².